The Hall–Kier alpha value is -0.120. The quantitative estimate of drug-likeness (QED) is 0.476. The second-order valence-electron chi connectivity index (χ2n) is 2.43. The van der Waals surface area contributed by atoms with Gasteiger partial charge in [-0.25, -0.2) is 5.32 Å². The van der Waals surface area contributed by atoms with E-state index < -0.39 is 0 Å². The van der Waals surface area contributed by atoms with Crippen LogP contribution < -0.4 is 5.32 Å². The smallest absolute Gasteiger partial charge is 0.0615 e. The van der Waals surface area contributed by atoms with Crippen LogP contribution in [-0.4, -0.2) is 36.0 Å². The summed E-state index contributed by atoms with van der Waals surface area (Å²) in [4.78, 5) is 0. The van der Waals surface area contributed by atoms with Gasteiger partial charge in [0.2, 0.25) is 0 Å². The maximum atomic E-state index is 9.15. The van der Waals surface area contributed by atoms with Crippen molar-refractivity contribution in [3.8, 4) is 0 Å². The monoisotopic (exact) mass is 130 g/mol. The fourth-order valence-corrected chi connectivity index (χ4v) is 1.02. The lowest BCUT2D eigenvalue weighted by Gasteiger charge is -2.25. The molecule has 0 aromatic carbocycles. The maximum Gasteiger partial charge on any atom is 0.0615 e. The Bertz CT molecular complexity index is 87.1. The zero-order chi connectivity index (χ0) is 6.69. The zero-order valence-corrected chi connectivity index (χ0v) is 5.32. The van der Waals surface area contributed by atoms with Crippen LogP contribution in [-0.2, 0) is 0 Å². The zero-order valence-electron chi connectivity index (χ0n) is 5.32. The first-order valence-electron chi connectivity index (χ1n) is 3.26. The standard InChI is InChI=1S/C6H12NO2/c8-4-5-3-7-2-1-6(5)9/h5-6,8-9H,1-4H2/t5-,6-/m1/s1. The molecule has 1 aliphatic heterocycles. The second-order valence-corrected chi connectivity index (χ2v) is 2.43. The third kappa shape index (κ3) is 1.64. The van der Waals surface area contributed by atoms with Crippen LogP contribution in [0.5, 0.6) is 0 Å². The predicted octanol–water partition coefficient (Wildman–Crippen LogP) is -1.04. The maximum absolute atomic E-state index is 9.15. The van der Waals surface area contributed by atoms with Gasteiger partial charge >= 0.3 is 0 Å². The van der Waals surface area contributed by atoms with Gasteiger partial charge in [0.05, 0.1) is 6.10 Å². The van der Waals surface area contributed by atoms with Gasteiger partial charge in [0.15, 0.2) is 0 Å². The molecule has 9 heavy (non-hydrogen) atoms. The van der Waals surface area contributed by atoms with E-state index in [2.05, 4.69) is 5.32 Å². The molecule has 53 valence electrons. The molecule has 0 aliphatic carbocycles. The van der Waals surface area contributed by atoms with Crippen LogP contribution in [0.25, 0.3) is 0 Å². The summed E-state index contributed by atoms with van der Waals surface area (Å²) < 4.78 is 0. The van der Waals surface area contributed by atoms with Gasteiger partial charge in [-0.2, -0.15) is 0 Å². The topological polar surface area (TPSA) is 54.6 Å². The van der Waals surface area contributed by atoms with Gasteiger partial charge in [-0.05, 0) is 6.42 Å². The molecule has 1 heterocycles. The van der Waals surface area contributed by atoms with Crippen molar-refractivity contribution in [2.75, 3.05) is 19.7 Å². The van der Waals surface area contributed by atoms with Crippen LogP contribution in [0, 0.1) is 5.92 Å². The van der Waals surface area contributed by atoms with Crippen molar-refractivity contribution in [3.05, 3.63) is 0 Å². The van der Waals surface area contributed by atoms with E-state index >= 15 is 0 Å². The van der Waals surface area contributed by atoms with E-state index in [1.165, 1.54) is 0 Å². The minimum absolute atomic E-state index is 0.00116. The molecule has 1 aliphatic rings. The van der Waals surface area contributed by atoms with E-state index in [1.54, 1.807) is 0 Å². The molecule has 0 amide bonds. The average molecular weight is 130 g/mol. The largest absolute Gasteiger partial charge is 0.396 e. The normalized spacial score (nSPS) is 36.7. The Morgan fingerprint density at radius 2 is 2.33 bits per heavy atom. The van der Waals surface area contributed by atoms with Crippen molar-refractivity contribution in [3.63, 3.8) is 0 Å². The first-order chi connectivity index (χ1) is 4.34. The highest BCUT2D eigenvalue weighted by molar-refractivity contribution is 4.75. The van der Waals surface area contributed by atoms with Crippen molar-refractivity contribution in [1.82, 2.24) is 5.32 Å². The highest BCUT2D eigenvalue weighted by Gasteiger charge is 2.21. The molecule has 1 rings (SSSR count). The molecular formula is C6H12NO2. The Morgan fingerprint density at radius 3 is 2.78 bits per heavy atom. The lowest BCUT2D eigenvalue weighted by Crippen LogP contribution is -2.38. The van der Waals surface area contributed by atoms with Gasteiger partial charge in [0.25, 0.3) is 0 Å². The fourth-order valence-electron chi connectivity index (χ4n) is 1.02. The lowest BCUT2D eigenvalue weighted by atomic mass is 9.97. The second kappa shape index (κ2) is 3.15. The van der Waals surface area contributed by atoms with Gasteiger partial charge < -0.3 is 10.2 Å². The summed E-state index contributed by atoms with van der Waals surface area (Å²) in [5.74, 6) is -0.00116. The molecule has 0 unspecified atom stereocenters. The number of piperidine rings is 1. The van der Waals surface area contributed by atoms with Crippen LogP contribution in [0.3, 0.4) is 0 Å². The van der Waals surface area contributed by atoms with Gasteiger partial charge in [-0.3, -0.25) is 0 Å². The lowest BCUT2D eigenvalue weighted by molar-refractivity contribution is 0.0436. The van der Waals surface area contributed by atoms with Crippen LogP contribution in [0.4, 0.5) is 0 Å². The molecule has 2 atom stereocenters. The average Bonchev–Trinajstić information content (AvgIpc) is 1.89. The molecule has 1 fully saturated rings. The number of aliphatic hydroxyl groups is 2. The summed E-state index contributed by atoms with van der Waals surface area (Å²) in [5, 5.41) is 21.9. The van der Waals surface area contributed by atoms with Crippen molar-refractivity contribution >= 4 is 0 Å². The molecule has 0 aromatic heterocycles. The highest BCUT2D eigenvalue weighted by Crippen LogP contribution is 2.10. The van der Waals surface area contributed by atoms with Gasteiger partial charge in [-0.1, -0.05) is 0 Å². The highest BCUT2D eigenvalue weighted by atomic mass is 16.3. The van der Waals surface area contributed by atoms with Crippen molar-refractivity contribution in [1.29, 1.82) is 0 Å². The van der Waals surface area contributed by atoms with Gasteiger partial charge in [-0.15, -0.1) is 0 Å². The summed E-state index contributed by atoms with van der Waals surface area (Å²) in [7, 11) is 0. The first kappa shape index (κ1) is 6.99. The Kier molecular flexibility index (Phi) is 2.45. The summed E-state index contributed by atoms with van der Waals surface area (Å²) in [5.41, 5.74) is 0. The summed E-state index contributed by atoms with van der Waals surface area (Å²) in [6.45, 7) is 1.43. The third-order valence-electron chi connectivity index (χ3n) is 1.73. The number of hydrogen-bond acceptors (Lipinski definition) is 2. The van der Waals surface area contributed by atoms with E-state index in [0.29, 0.717) is 13.0 Å². The Balaban J connectivity index is 2.30. The van der Waals surface area contributed by atoms with Gasteiger partial charge in [0.1, 0.15) is 0 Å². The number of aliphatic hydroxyl groups excluding tert-OH is 2. The van der Waals surface area contributed by atoms with Crippen molar-refractivity contribution in [2.45, 2.75) is 12.5 Å². The minimum atomic E-state index is -0.326. The number of hydrogen-bond donors (Lipinski definition) is 2. The summed E-state index contributed by atoms with van der Waals surface area (Å²) >= 11 is 0. The molecule has 1 saturated heterocycles. The molecule has 0 saturated carbocycles. The van der Waals surface area contributed by atoms with E-state index in [-0.39, 0.29) is 18.6 Å². The number of nitrogens with zero attached hydrogens (tertiary/aromatic N) is 1. The van der Waals surface area contributed by atoms with Crippen LogP contribution >= 0.6 is 0 Å². The van der Waals surface area contributed by atoms with Crippen molar-refractivity contribution < 1.29 is 10.2 Å². The molecule has 2 N–H and O–H groups in total. The SMILES string of the molecule is OC[C@H]1C[N]CC[C@H]1O. The van der Waals surface area contributed by atoms with Gasteiger partial charge in [0, 0.05) is 25.6 Å². The Labute approximate surface area is 54.7 Å². The van der Waals surface area contributed by atoms with Crippen LogP contribution in [0.1, 0.15) is 6.42 Å². The van der Waals surface area contributed by atoms with Crippen molar-refractivity contribution in [2.24, 2.45) is 5.92 Å². The molecule has 3 nitrogen and oxygen atoms in total. The first-order valence-corrected chi connectivity index (χ1v) is 3.26. The number of rotatable bonds is 1. The molecule has 0 aromatic rings. The fraction of sp³-hybridized carbons (Fsp3) is 1.00. The molecule has 0 bridgehead atoms. The summed E-state index contributed by atoms with van der Waals surface area (Å²) in [6, 6.07) is 0. The van der Waals surface area contributed by atoms with E-state index in [9.17, 15) is 0 Å². The van der Waals surface area contributed by atoms with E-state index in [0.717, 1.165) is 6.54 Å². The third-order valence-corrected chi connectivity index (χ3v) is 1.73. The minimum Gasteiger partial charge on any atom is -0.396 e. The molecular weight excluding hydrogens is 118 g/mol. The summed E-state index contributed by atoms with van der Waals surface area (Å²) in [6.07, 6.45) is 0.387. The van der Waals surface area contributed by atoms with Crippen LogP contribution in [0.15, 0.2) is 0 Å². The van der Waals surface area contributed by atoms with Crippen LogP contribution in [0.2, 0.25) is 0 Å². The molecule has 0 spiro atoms. The Morgan fingerprint density at radius 1 is 1.56 bits per heavy atom. The van der Waals surface area contributed by atoms with E-state index in [4.69, 9.17) is 10.2 Å². The molecule has 3 heteroatoms. The molecule has 1 radical (unpaired) electrons. The van der Waals surface area contributed by atoms with E-state index in [1.807, 2.05) is 0 Å². The predicted molar refractivity (Wildman–Crippen MR) is 33.1 cm³/mol.